The highest BCUT2D eigenvalue weighted by atomic mass is 16.2. The molecule has 1 aliphatic heterocycles. The Hall–Kier alpha value is -2.87. The molecule has 1 amide bonds. The maximum absolute atomic E-state index is 12.7. The largest absolute Gasteiger partial charge is 0.354 e. The minimum atomic E-state index is -0.0193. The number of hydrogen-bond donors (Lipinski definition) is 1. The number of carbonyl (C=O) groups excluding carboxylic acids is 1. The summed E-state index contributed by atoms with van der Waals surface area (Å²) in [6, 6.07) is 13.0. The van der Waals surface area contributed by atoms with Crippen molar-refractivity contribution in [3.05, 3.63) is 53.9 Å². The number of rotatable bonds is 3. The van der Waals surface area contributed by atoms with E-state index in [1.165, 1.54) is 12.8 Å². The molecule has 24 heavy (non-hydrogen) atoms. The monoisotopic (exact) mass is 320 g/mol. The lowest BCUT2D eigenvalue weighted by atomic mass is 10.2. The number of benzene rings is 1. The van der Waals surface area contributed by atoms with Gasteiger partial charge in [-0.3, -0.25) is 9.78 Å². The molecule has 122 valence electrons. The van der Waals surface area contributed by atoms with Gasteiger partial charge in [-0.25, -0.2) is 0 Å². The van der Waals surface area contributed by atoms with E-state index in [1.807, 2.05) is 23.1 Å². The fraction of sp³-hybridized carbons (Fsp3) is 0.316. The van der Waals surface area contributed by atoms with Crippen molar-refractivity contribution in [2.24, 2.45) is 0 Å². The number of para-hydroxylation sites is 1. The van der Waals surface area contributed by atoms with Gasteiger partial charge in [-0.15, -0.1) is 0 Å². The minimum absolute atomic E-state index is 0.0193. The first kappa shape index (κ1) is 16.0. The van der Waals surface area contributed by atoms with Gasteiger partial charge in [0.25, 0.3) is 5.91 Å². The van der Waals surface area contributed by atoms with Gasteiger partial charge < -0.3 is 10.2 Å². The molecule has 1 aromatic carbocycles. The molecule has 1 fully saturated rings. The molecule has 0 unspecified atom stereocenters. The molecule has 0 spiro atoms. The SMILES string of the molecule is N#Cc1ccccc1Nc1ccnc(C(=O)N2CCCCCC2)c1. The molecule has 1 aromatic heterocycles. The number of hydrogen-bond acceptors (Lipinski definition) is 4. The van der Waals surface area contributed by atoms with Crippen LogP contribution in [0.4, 0.5) is 11.4 Å². The first-order chi connectivity index (χ1) is 11.8. The van der Waals surface area contributed by atoms with Gasteiger partial charge >= 0.3 is 0 Å². The highest BCUT2D eigenvalue weighted by Gasteiger charge is 2.18. The van der Waals surface area contributed by atoms with Crippen molar-refractivity contribution in [1.29, 1.82) is 5.26 Å². The summed E-state index contributed by atoms with van der Waals surface area (Å²) in [6.45, 7) is 1.60. The van der Waals surface area contributed by atoms with Crippen LogP contribution in [0.3, 0.4) is 0 Å². The summed E-state index contributed by atoms with van der Waals surface area (Å²) in [7, 11) is 0. The first-order valence-electron chi connectivity index (χ1n) is 8.29. The standard InChI is InChI=1S/C19H20N4O/c20-14-15-7-3-4-8-17(15)22-16-9-10-21-18(13-16)19(24)23-11-5-1-2-6-12-23/h3-4,7-10,13H,1-2,5-6,11-12H2,(H,21,22). The van der Waals surface area contributed by atoms with E-state index in [4.69, 9.17) is 0 Å². The van der Waals surface area contributed by atoms with Crippen LogP contribution in [-0.2, 0) is 0 Å². The van der Waals surface area contributed by atoms with E-state index in [0.29, 0.717) is 11.3 Å². The van der Waals surface area contributed by atoms with Gasteiger partial charge in [0.1, 0.15) is 11.8 Å². The lowest BCUT2D eigenvalue weighted by Crippen LogP contribution is -2.32. The van der Waals surface area contributed by atoms with E-state index in [2.05, 4.69) is 16.4 Å². The van der Waals surface area contributed by atoms with Gasteiger partial charge in [0.15, 0.2) is 0 Å². The molecule has 0 aliphatic carbocycles. The molecule has 3 rings (SSSR count). The van der Waals surface area contributed by atoms with Crippen molar-refractivity contribution in [2.45, 2.75) is 25.7 Å². The number of carbonyl (C=O) groups is 1. The number of likely N-dealkylation sites (tertiary alicyclic amines) is 1. The smallest absolute Gasteiger partial charge is 0.272 e. The summed E-state index contributed by atoms with van der Waals surface area (Å²) in [5.41, 5.74) is 2.48. The quantitative estimate of drug-likeness (QED) is 0.936. The van der Waals surface area contributed by atoms with Crippen LogP contribution in [0.2, 0.25) is 0 Å². The van der Waals surface area contributed by atoms with Crippen LogP contribution in [0.25, 0.3) is 0 Å². The van der Waals surface area contributed by atoms with Gasteiger partial charge in [-0.1, -0.05) is 25.0 Å². The molecule has 0 saturated carbocycles. The van der Waals surface area contributed by atoms with Gasteiger partial charge in [0.2, 0.25) is 0 Å². The maximum Gasteiger partial charge on any atom is 0.272 e. The average Bonchev–Trinajstić information content (AvgIpc) is 2.91. The molecule has 5 heteroatoms. The molecular formula is C19H20N4O. The molecule has 5 nitrogen and oxygen atoms in total. The summed E-state index contributed by atoms with van der Waals surface area (Å²) in [5.74, 6) is -0.0193. The molecule has 2 heterocycles. The summed E-state index contributed by atoms with van der Waals surface area (Å²) < 4.78 is 0. The Morgan fingerprint density at radius 2 is 1.88 bits per heavy atom. The van der Waals surface area contributed by atoms with Crippen LogP contribution in [0.5, 0.6) is 0 Å². The van der Waals surface area contributed by atoms with Crippen molar-refractivity contribution >= 4 is 17.3 Å². The minimum Gasteiger partial charge on any atom is -0.354 e. The molecule has 0 atom stereocenters. The third kappa shape index (κ3) is 3.72. The summed E-state index contributed by atoms with van der Waals surface area (Å²) in [5, 5.41) is 12.4. The van der Waals surface area contributed by atoms with Crippen molar-refractivity contribution < 1.29 is 4.79 Å². The van der Waals surface area contributed by atoms with E-state index in [-0.39, 0.29) is 5.91 Å². The van der Waals surface area contributed by atoms with Gasteiger partial charge in [0.05, 0.1) is 11.3 Å². The second-order valence-electron chi connectivity index (χ2n) is 5.92. The zero-order valence-corrected chi connectivity index (χ0v) is 13.5. The Morgan fingerprint density at radius 1 is 1.12 bits per heavy atom. The van der Waals surface area contributed by atoms with Crippen LogP contribution in [0.15, 0.2) is 42.6 Å². The second-order valence-corrected chi connectivity index (χ2v) is 5.92. The number of pyridine rings is 1. The molecule has 1 aliphatic rings. The fourth-order valence-corrected chi connectivity index (χ4v) is 2.91. The van der Waals surface area contributed by atoms with Crippen LogP contribution < -0.4 is 5.32 Å². The van der Waals surface area contributed by atoms with Crippen LogP contribution in [0.1, 0.15) is 41.7 Å². The summed E-state index contributed by atoms with van der Waals surface area (Å²) in [4.78, 5) is 18.8. The Balaban J connectivity index is 1.79. The third-order valence-electron chi connectivity index (χ3n) is 4.20. The molecule has 1 N–H and O–H groups in total. The lowest BCUT2D eigenvalue weighted by Gasteiger charge is -2.20. The number of nitrogens with one attached hydrogen (secondary N) is 1. The maximum atomic E-state index is 12.7. The number of amides is 1. The Kier molecular flexibility index (Phi) is 5.07. The normalized spacial score (nSPS) is 14.5. The number of anilines is 2. The Morgan fingerprint density at radius 3 is 2.62 bits per heavy atom. The zero-order chi connectivity index (χ0) is 16.8. The first-order valence-corrected chi connectivity index (χ1v) is 8.29. The van der Waals surface area contributed by atoms with Gasteiger partial charge in [-0.05, 0) is 37.1 Å². The van der Waals surface area contributed by atoms with Crippen molar-refractivity contribution in [3.8, 4) is 6.07 Å². The molecule has 0 radical (unpaired) electrons. The summed E-state index contributed by atoms with van der Waals surface area (Å²) >= 11 is 0. The van der Waals surface area contributed by atoms with E-state index >= 15 is 0 Å². The zero-order valence-electron chi connectivity index (χ0n) is 13.5. The van der Waals surface area contributed by atoms with Crippen LogP contribution >= 0.6 is 0 Å². The van der Waals surface area contributed by atoms with E-state index in [0.717, 1.165) is 37.3 Å². The Bertz CT molecular complexity index is 758. The molecular weight excluding hydrogens is 300 g/mol. The van der Waals surface area contributed by atoms with E-state index in [1.54, 1.807) is 24.4 Å². The Labute approximate surface area is 141 Å². The topological polar surface area (TPSA) is 69.0 Å². The average molecular weight is 320 g/mol. The van der Waals surface area contributed by atoms with Crippen molar-refractivity contribution in [2.75, 3.05) is 18.4 Å². The highest BCUT2D eigenvalue weighted by Crippen LogP contribution is 2.21. The van der Waals surface area contributed by atoms with E-state index < -0.39 is 0 Å². The summed E-state index contributed by atoms with van der Waals surface area (Å²) in [6.07, 6.45) is 6.11. The fourth-order valence-electron chi connectivity index (χ4n) is 2.91. The third-order valence-corrected chi connectivity index (χ3v) is 4.20. The van der Waals surface area contributed by atoms with Crippen molar-refractivity contribution in [3.63, 3.8) is 0 Å². The predicted molar refractivity (Wildman–Crippen MR) is 93.0 cm³/mol. The molecule has 1 saturated heterocycles. The van der Waals surface area contributed by atoms with Crippen LogP contribution in [0, 0.1) is 11.3 Å². The lowest BCUT2D eigenvalue weighted by molar-refractivity contribution is 0.0756. The highest BCUT2D eigenvalue weighted by molar-refractivity contribution is 5.93. The van der Waals surface area contributed by atoms with Gasteiger partial charge in [0, 0.05) is 25.0 Å². The molecule has 2 aromatic rings. The van der Waals surface area contributed by atoms with Gasteiger partial charge in [-0.2, -0.15) is 5.26 Å². The number of aromatic nitrogens is 1. The predicted octanol–water partition coefficient (Wildman–Crippen LogP) is 3.71. The molecule has 0 bridgehead atoms. The van der Waals surface area contributed by atoms with Crippen molar-refractivity contribution in [1.82, 2.24) is 9.88 Å². The number of nitrogens with zero attached hydrogens (tertiary/aromatic N) is 3. The van der Waals surface area contributed by atoms with E-state index in [9.17, 15) is 10.1 Å². The second kappa shape index (κ2) is 7.60. The number of nitriles is 1. The van der Waals surface area contributed by atoms with Crippen LogP contribution in [-0.4, -0.2) is 28.9 Å².